The van der Waals surface area contributed by atoms with Crippen LogP contribution in [0, 0.1) is 25.2 Å². The molecule has 0 saturated carbocycles. The van der Waals surface area contributed by atoms with Gasteiger partial charge in [0.1, 0.15) is 11.6 Å². The van der Waals surface area contributed by atoms with Crippen molar-refractivity contribution < 1.29 is 4.79 Å². The quantitative estimate of drug-likeness (QED) is 0.646. The summed E-state index contributed by atoms with van der Waals surface area (Å²) in [7, 11) is 0. The number of rotatable bonds is 4. The van der Waals surface area contributed by atoms with E-state index in [9.17, 15) is 10.1 Å². The Bertz CT molecular complexity index is 806. The van der Waals surface area contributed by atoms with Gasteiger partial charge < -0.3 is 10.6 Å². The molecule has 0 bridgehead atoms. The van der Waals surface area contributed by atoms with Crippen LogP contribution < -0.4 is 10.6 Å². The number of carbonyl (C=O) groups excluding carboxylic acids is 1. The lowest BCUT2D eigenvalue weighted by Gasteiger charge is -2.08. The number of anilines is 2. The van der Waals surface area contributed by atoms with E-state index in [1.54, 1.807) is 24.3 Å². The van der Waals surface area contributed by atoms with Gasteiger partial charge in [0.2, 0.25) is 0 Å². The predicted molar refractivity (Wildman–Crippen MR) is 93.3 cm³/mol. The summed E-state index contributed by atoms with van der Waals surface area (Å²) in [5.74, 6) is -0.493. The van der Waals surface area contributed by atoms with Crippen LogP contribution in [-0.4, -0.2) is 5.91 Å². The molecule has 0 radical (unpaired) electrons. The molecule has 0 aliphatic carbocycles. The topological polar surface area (TPSA) is 64.9 Å². The minimum atomic E-state index is -0.493. The lowest BCUT2D eigenvalue weighted by molar-refractivity contribution is -0.112. The molecule has 0 unspecified atom stereocenters. The maximum absolute atomic E-state index is 12.1. The molecule has 2 rings (SSSR count). The molecule has 0 saturated heterocycles. The fraction of sp³-hybridized carbons (Fsp3) is 0.111. The smallest absolute Gasteiger partial charge is 0.267 e. The molecule has 4 nitrogen and oxygen atoms in total. The van der Waals surface area contributed by atoms with E-state index in [1.807, 2.05) is 38.1 Å². The molecule has 0 atom stereocenters. The average Bonchev–Trinajstić information content (AvgIpc) is 2.49. The molecule has 2 N–H and O–H groups in total. The summed E-state index contributed by atoms with van der Waals surface area (Å²) in [6, 6.07) is 14.5. The second-order valence-corrected chi connectivity index (χ2v) is 5.53. The van der Waals surface area contributed by atoms with Crippen LogP contribution in [0.1, 0.15) is 11.1 Å². The molecule has 0 aliphatic rings. The van der Waals surface area contributed by atoms with Crippen molar-refractivity contribution in [3.63, 3.8) is 0 Å². The van der Waals surface area contributed by atoms with E-state index in [1.165, 1.54) is 6.20 Å². The predicted octanol–water partition coefficient (Wildman–Crippen LogP) is 4.41. The first-order valence-electron chi connectivity index (χ1n) is 7.00. The fourth-order valence-corrected chi connectivity index (χ4v) is 2.23. The number of hydrogen-bond acceptors (Lipinski definition) is 3. The summed E-state index contributed by atoms with van der Waals surface area (Å²) >= 11 is 5.87. The standard InChI is InChI=1S/C18H16ClN3O/c1-12-6-7-17(13(2)8-12)21-11-14(10-20)18(23)22-16-5-3-4-15(19)9-16/h3-9,11,21H,1-2H3,(H,22,23)/b14-11-. The third-order valence-corrected chi connectivity index (χ3v) is 3.44. The van der Waals surface area contributed by atoms with Crippen LogP contribution in [0.4, 0.5) is 11.4 Å². The maximum Gasteiger partial charge on any atom is 0.267 e. The van der Waals surface area contributed by atoms with Gasteiger partial charge in [-0.15, -0.1) is 0 Å². The summed E-state index contributed by atoms with van der Waals surface area (Å²) < 4.78 is 0. The Labute approximate surface area is 140 Å². The van der Waals surface area contributed by atoms with Gasteiger partial charge in [0.25, 0.3) is 5.91 Å². The Morgan fingerprint density at radius 2 is 2.00 bits per heavy atom. The molecule has 0 aromatic heterocycles. The SMILES string of the molecule is Cc1ccc(N/C=C(/C#N)C(=O)Nc2cccc(Cl)c2)c(C)c1. The zero-order valence-electron chi connectivity index (χ0n) is 12.9. The highest BCUT2D eigenvalue weighted by Crippen LogP contribution is 2.17. The molecule has 0 heterocycles. The van der Waals surface area contributed by atoms with Gasteiger partial charge in [-0.25, -0.2) is 0 Å². The number of aryl methyl sites for hydroxylation is 2. The molecule has 116 valence electrons. The van der Waals surface area contributed by atoms with Gasteiger partial charge >= 0.3 is 0 Å². The molecular weight excluding hydrogens is 310 g/mol. The van der Waals surface area contributed by atoms with Crippen molar-refractivity contribution in [1.29, 1.82) is 5.26 Å². The van der Waals surface area contributed by atoms with E-state index in [4.69, 9.17) is 11.6 Å². The first-order valence-corrected chi connectivity index (χ1v) is 7.38. The van der Waals surface area contributed by atoms with Crippen molar-refractivity contribution in [3.8, 4) is 6.07 Å². The van der Waals surface area contributed by atoms with Crippen molar-refractivity contribution in [1.82, 2.24) is 0 Å². The summed E-state index contributed by atoms with van der Waals surface area (Å²) in [5.41, 5.74) is 3.55. The Morgan fingerprint density at radius 3 is 2.65 bits per heavy atom. The molecule has 2 aromatic rings. The van der Waals surface area contributed by atoms with E-state index in [0.717, 1.165) is 16.8 Å². The van der Waals surface area contributed by atoms with Crippen molar-refractivity contribution >= 4 is 28.9 Å². The van der Waals surface area contributed by atoms with E-state index in [-0.39, 0.29) is 5.57 Å². The number of amides is 1. The molecule has 0 fully saturated rings. The molecular formula is C18H16ClN3O. The summed E-state index contributed by atoms with van der Waals surface area (Å²) in [6.07, 6.45) is 1.40. The van der Waals surface area contributed by atoms with E-state index in [2.05, 4.69) is 10.6 Å². The second kappa shape index (κ2) is 7.48. The summed E-state index contributed by atoms with van der Waals surface area (Å²) in [6.45, 7) is 3.97. The van der Waals surface area contributed by atoms with Crippen LogP contribution in [-0.2, 0) is 4.79 Å². The average molecular weight is 326 g/mol. The van der Waals surface area contributed by atoms with E-state index in [0.29, 0.717) is 10.7 Å². The van der Waals surface area contributed by atoms with Crippen LogP contribution in [0.15, 0.2) is 54.2 Å². The van der Waals surface area contributed by atoms with Crippen molar-refractivity contribution in [3.05, 3.63) is 70.4 Å². The largest absolute Gasteiger partial charge is 0.360 e. The van der Waals surface area contributed by atoms with Crippen LogP contribution >= 0.6 is 11.6 Å². The van der Waals surface area contributed by atoms with Gasteiger partial charge in [-0.1, -0.05) is 35.4 Å². The van der Waals surface area contributed by atoms with Crippen LogP contribution in [0.25, 0.3) is 0 Å². The third-order valence-electron chi connectivity index (χ3n) is 3.20. The molecule has 0 spiro atoms. The minimum Gasteiger partial charge on any atom is -0.360 e. The summed E-state index contributed by atoms with van der Waals surface area (Å²) in [4.78, 5) is 12.1. The first kappa shape index (κ1) is 16.6. The zero-order valence-corrected chi connectivity index (χ0v) is 13.6. The van der Waals surface area contributed by atoms with E-state index < -0.39 is 5.91 Å². The van der Waals surface area contributed by atoms with Crippen molar-refractivity contribution in [2.75, 3.05) is 10.6 Å². The highest BCUT2D eigenvalue weighted by atomic mass is 35.5. The Hall–Kier alpha value is -2.77. The monoisotopic (exact) mass is 325 g/mol. The Morgan fingerprint density at radius 1 is 1.22 bits per heavy atom. The number of hydrogen-bond donors (Lipinski definition) is 2. The summed E-state index contributed by atoms with van der Waals surface area (Å²) in [5, 5.41) is 15.3. The molecule has 0 aliphatic heterocycles. The third kappa shape index (κ3) is 4.60. The number of halogens is 1. The Balaban J connectivity index is 2.12. The number of carbonyl (C=O) groups is 1. The molecule has 1 amide bonds. The van der Waals surface area contributed by atoms with Gasteiger partial charge in [-0.2, -0.15) is 5.26 Å². The maximum atomic E-state index is 12.1. The fourth-order valence-electron chi connectivity index (χ4n) is 2.04. The second-order valence-electron chi connectivity index (χ2n) is 5.10. The highest BCUT2D eigenvalue weighted by molar-refractivity contribution is 6.31. The van der Waals surface area contributed by atoms with Gasteiger partial charge in [-0.05, 0) is 43.7 Å². The number of nitrogens with zero attached hydrogens (tertiary/aromatic N) is 1. The lowest BCUT2D eigenvalue weighted by Crippen LogP contribution is -2.14. The highest BCUT2D eigenvalue weighted by Gasteiger charge is 2.09. The van der Waals surface area contributed by atoms with Gasteiger partial charge in [0.05, 0.1) is 0 Å². The van der Waals surface area contributed by atoms with Crippen molar-refractivity contribution in [2.45, 2.75) is 13.8 Å². The van der Waals surface area contributed by atoms with Crippen LogP contribution in [0.2, 0.25) is 5.02 Å². The normalized spacial score (nSPS) is 10.8. The Kier molecular flexibility index (Phi) is 5.40. The molecule has 2 aromatic carbocycles. The van der Waals surface area contributed by atoms with Crippen LogP contribution in [0.5, 0.6) is 0 Å². The number of benzene rings is 2. The number of nitriles is 1. The molecule has 23 heavy (non-hydrogen) atoms. The van der Waals surface area contributed by atoms with Crippen LogP contribution in [0.3, 0.4) is 0 Å². The minimum absolute atomic E-state index is 0.0232. The van der Waals surface area contributed by atoms with E-state index >= 15 is 0 Å². The zero-order chi connectivity index (χ0) is 16.8. The van der Waals surface area contributed by atoms with Gasteiger partial charge in [-0.3, -0.25) is 4.79 Å². The first-order chi connectivity index (χ1) is 11.0. The van der Waals surface area contributed by atoms with Gasteiger partial charge in [0, 0.05) is 22.6 Å². The van der Waals surface area contributed by atoms with Gasteiger partial charge in [0.15, 0.2) is 0 Å². The van der Waals surface area contributed by atoms with Crippen molar-refractivity contribution in [2.24, 2.45) is 0 Å². The number of nitrogens with one attached hydrogen (secondary N) is 2. The molecule has 5 heteroatoms. The lowest BCUT2D eigenvalue weighted by atomic mass is 10.1.